The summed E-state index contributed by atoms with van der Waals surface area (Å²) in [5.41, 5.74) is 2.51. The Bertz CT molecular complexity index is 699. The van der Waals surface area contributed by atoms with Gasteiger partial charge >= 0.3 is 0 Å². The molecule has 2 aromatic rings. The lowest BCUT2D eigenvalue weighted by Gasteiger charge is -2.28. The number of aryl methyl sites for hydroxylation is 1. The van der Waals surface area contributed by atoms with E-state index in [1.807, 2.05) is 0 Å². The molecule has 1 aliphatic heterocycles. The normalized spacial score (nSPS) is 15.4. The average molecular weight is 363 g/mol. The Morgan fingerprint density at radius 1 is 1.12 bits per heavy atom. The summed E-state index contributed by atoms with van der Waals surface area (Å²) in [6, 6.07) is 14.6. The minimum Gasteiger partial charge on any atom is -0.350 e. The highest BCUT2D eigenvalue weighted by Crippen LogP contribution is 2.25. The molecule has 1 N–H and O–H groups in total. The van der Waals surface area contributed by atoms with E-state index in [1.54, 1.807) is 12.1 Å². The van der Waals surface area contributed by atoms with Crippen molar-refractivity contribution in [1.29, 1.82) is 0 Å². The molecule has 134 valence electrons. The third-order valence-electron chi connectivity index (χ3n) is 4.62. The van der Waals surface area contributed by atoms with Crippen LogP contribution in [-0.4, -0.2) is 30.4 Å². The number of hydrogen-bond acceptors (Lipinski definition) is 2. The van der Waals surface area contributed by atoms with Gasteiger partial charge in [0.2, 0.25) is 0 Å². The predicted molar refractivity (Wildman–Crippen MR) is 101 cm³/mol. The van der Waals surface area contributed by atoms with Gasteiger partial charge < -0.3 is 5.32 Å². The zero-order valence-corrected chi connectivity index (χ0v) is 15.2. The van der Waals surface area contributed by atoms with Crippen LogP contribution in [-0.2, 0) is 0 Å². The van der Waals surface area contributed by atoms with Crippen molar-refractivity contribution in [2.24, 2.45) is 0 Å². The fourth-order valence-electron chi connectivity index (χ4n) is 3.23. The fraction of sp³-hybridized carbons (Fsp3) is 0.350. The number of nitrogens with one attached hydrogen (secondary N) is 1. The topological polar surface area (TPSA) is 32.3 Å². The summed E-state index contributed by atoms with van der Waals surface area (Å²) in [6.07, 6.45) is 2.37. The van der Waals surface area contributed by atoms with Gasteiger partial charge in [0.05, 0.1) is 11.6 Å². The van der Waals surface area contributed by atoms with Gasteiger partial charge in [0.15, 0.2) is 0 Å². The van der Waals surface area contributed by atoms with Crippen molar-refractivity contribution in [2.45, 2.75) is 25.8 Å². The second-order valence-corrected chi connectivity index (χ2v) is 6.36. The van der Waals surface area contributed by atoms with Gasteiger partial charge in [-0.15, -0.1) is 12.4 Å². The first-order valence-corrected chi connectivity index (χ1v) is 8.48. The van der Waals surface area contributed by atoms with Gasteiger partial charge in [-0.25, -0.2) is 4.39 Å². The SMILES string of the molecule is Cc1ccc(C(CNC(=O)c2ccccc2F)N2CCCC2)cc1.Cl. The number of carbonyl (C=O) groups excluding carboxylic acids is 1. The molecule has 2 aromatic carbocycles. The highest BCUT2D eigenvalue weighted by atomic mass is 35.5. The number of hydrogen-bond donors (Lipinski definition) is 1. The van der Waals surface area contributed by atoms with Gasteiger partial charge in [0.1, 0.15) is 5.82 Å². The van der Waals surface area contributed by atoms with Gasteiger partial charge in [0, 0.05) is 6.54 Å². The van der Waals surface area contributed by atoms with Gasteiger partial charge in [-0.1, -0.05) is 42.0 Å². The number of benzene rings is 2. The quantitative estimate of drug-likeness (QED) is 0.867. The highest BCUT2D eigenvalue weighted by Gasteiger charge is 2.24. The summed E-state index contributed by atoms with van der Waals surface area (Å²) in [7, 11) is 0. The molecule has 0 radical (unpaired) electrons. The highest BCUT2D eigenvalue weighted by molar-refractivity contribution is 5.94. The van der Waals surface area contributed by atoms with Crippen molar-refractivity contribution in [2.75, 3.05) is 19.6 Å². The summed E-state index contributed by atoms with van der Waals surface area (Å²) in [4.78, 5) is 14.7. The van der Waals surface area contributed by atoms with E-state index in [2.05, 4.69) is 41.4 Å². The van der Waals surface area contributed by atoms with E-state index >= 15 is 0 Å². The van der Waals surface area contributed by atoms with Crippen LogP contribution in [0.5, 0.6) is 0 Å². The van der Waals surface area contributed by atoms with Crippen LogP contribution < -0.4 is 5.32 Å². The van der Waals surface area contributed by atoms with Crippen molar-refractivity contribution in [3.8, 4) is 0 Å². The molecule has 0 aliphatic carbocycles. The number of halogens is 2. The van der Waals surface area contributed by atoms with E-state index in [4.69, 9.17) is 0 Å². The van der Waals surface area contributed by atoms with Gasteiger partial charge in [-0.3, -0.25) is 9.69 Å². The second kappa shape index (κ2) is 8.97. The monoisotopic (exact) mass is 362 g/mol. The van der Waals surface area contributed by atoms with Crippen LogP contribution >= 0.6 is 12.4 Å². The van der Waals surface area contributed by atoms with Crippen molar-refractivity contribution in [3.63, 3.8) is 0 Å². The first kappa shape index (κ1) is 19.4. The molecule has 1 heterocycles. The lowest BCUT2D eigenvalue weighted by atomic mass is 10.0. The van der Waals surface area contributed by atoms with Crippen molar-refractivity contribution >= 4 is 18.3 Å². The Balaban J connectivity index is 0.00000225. The summed E-state index contributed by atoms with van der Waals surface area (Å²) in [5.74, 6) is -0.840. The Morgan fingerprint density at radius 3 is 2.40 bits per heavy atom. The zero-order chi connectivity index (χ0) is 16.9. The number of nitrogens with zero attached hydrogens (tertiary/aromatic N) is 1. The predicted octanol–water partition coefficient (Wildman–Crippen LogP) is 4.12. The van der Waals surface area contributed by atoms with Crippen LogP contribution in [0.15, 0.2) is 48.5 Å². The van der Waals surface area contributed by atoms with Gasteiger partial charge in [-0.05, 0) is 50.6 Å². The van der Waals surface area contributed by atoms with E-state index < -0.39 is 5.82 Å². The maximum Gasteiger partial charge on any atom is 0.254 e. The average Bonchev–Trinajstić information content (AvgIpc) is 3.11. The molecule has 0 aromatic heterocycles. The maximum absolute atomic E-state index is 13.8. The minimum absolute atomic E-state index is 0. The maximum atomic E-state index is 13.8. The number of rotatable bonds is 5. The van der Waals surface area contributed by atoms with E-state index in [1.165, 1.54) is 36.1 Å². The van der Waals surface area contributed by atoms with Crippen LogP contribution in [0.1, 0.15) is 40.4 Å². The Kier molecular flexibility index (Phi) is 6.97. The molecular formula is C20H24ClFN2O. The summed E-state index contributed by atoms with van der Waals surface area (Å²) >= 11 is 0. The Hall–Kier alpha value is -1.91. The van der Waals surface area contributed by atoms with Crippen LogP contribution in [0.3, 0.4) is 0 Å². The lowest BCUT2D eigenvalue weighted by Crippen LogP contribution is -2.37. The van der Waals surface area contributed by atoms with Crippen LogP contribution in [0, 0.1) is 12.7 Å². The molecule has 3 rings (SSSR count). The zero-order valence-electron chi connectivity index (χ0n) is 14.4. The fourth-order valence-corrected chi connectivity index (χ4v) is 3.23. The Labute approximate surface area is 154 Å². The van der Waals surface area contributed by atoms with E-state index in [9.17, 15) is 9.18 Å². The number of carbonyl (C=O) groups is 1. The third kappa shape index (κ3) is 4.80. The summed E-state index contributed by atoms with van der Waals surface area (Å²) < 4.78 is 13.8. The molecule has 0 saturated carbocycles. The number of amides is 1. The Morgan fingerprint density at radius 2 is 1.76 bits per heavy atom. The third-order valence-corrected chi connectivity index (χ3v) is 4.62. The summed E-state index contributed by atoms with van der Waals surface area (Å²) in [5, 5.41) is 2.91. The van der Waals surface area contributed by atoms with Gasteiger partial charge in [0.25, 0.3) is 5.91 Å². The van der Waals surface area contributed by atoms with Gasteiger partial charge in [-0.2, -0.15) is 0 Å². The first-order chi connectivity index (χ1) is 11.6. The van der Waals surface area contributed by atoms with E-state index in [0.29, 0.717) is 6.54 Å². The molecule has 1 amide bonds. The largest absolute Gasteiger partial charge is 0.350 e. The molecule has 1 aliphatic rings. The van der Waals surface area contributed by atoms with E-state index in [-0.39, 0.29) is 29.9 Å². The molecule has 1 unspecified atom stereocenters. The van der Waals surface area contributed by atoms with E-state index in [0.717, 1.165) is 13.1 Å². The first-order valence-electron chi connectivity index (χ1n) is 8.48. The number of likely N-dealkylation sites (tertiary alicyclic amines) is 1. The standard InChI is InChI=1S/C20H23FN2O.ClH/c1-15-8-10-16(11-9-15)19(23-12-4-5-13-23)14-22-20(24)17-6-2-3-7-18(17)21;/h2-3,6-11,19H,4-5,12-14H2,1H3,(H,22,24);1H. The molecule has 3 nitrogen and oxygen atoms in total. The second-order valence-electron chi connectivity index (χ2n) is 6.36. The molecular weight excluding hydrogens is 339 g/mol. The molecule has 0 bridgehead atoms. The van der Waals surface area contributed by atoms with Crippen LogP contribution in [0.25, 0.3) is 0 Å². The lowest BCUT2D eigenvalue weighted by molar-refractivity contribution is 0.0934. The molecule has 1 atom stereocenters. The van der Waals surface area contributed by atoms with Crippen LogP contribution in [0.2, 0.25) is 0 Å². The molecule has 25 heavy (non-hydrogen) atoms. The van der Waals surface area contributed by atoms with Crippen LogP contribution in [0.4, 0.5) is 4.39 Å². The smallest absolute Gasteiger partial charge is 0.254 e. The molecule has 0 spiro atoms. The van der Waals surface area contributed by atoms with Crippen molar-refractivity contribution in [1.82, 2.24) is 10.2 Å². The molecule has 1 saturated heterocycles. The summed E-state index contributed by atoms with van der Waals surface area (Å²) in [6.45, 7) is 4.62. The minimum atomic E-state index is -0.483. The van der Waals surface area contributed by atoms with Crippen molar-refractivity contribution in [3.05, 3.63) is 71.0 Å². The molecule has 1 fully saturated rings. The van der Waals surface area contributed by atoms with Crippen molar-refractivity contribution < 1.29 is 9.18 Å². The molecule has 5 heteroatoms.